The molecular formula is C57H53N7O2S. The van der Waals surface area contributed by atoms with Gasteiger partial charge < -0.3 is 15.2 Å². The highest BCUT2D eigenvalue weighted by Gasteiger charge is 2.37. The van der Waals surface area contributed by atoms with Crippen LogP contribution in [-0.2, 0) is 11.3 Å². The van der Waals surface area contributed by atoms with Gasteiger partial charge in [-0.25, -0.2) is 0 Å². The van der Waals surface area contributed by atoms with Crippen LogP contribution in [0.1, 0.15) is 69.8 Å². The minimum atomic E-state index is 0.122. The molecule has 0 heterocycles. The maximum absolute atomic E-state index is 11.0. The number of rotatable bonds is 10. The Balaban J connectivity index is 0.000000462. The van der Waals surface area contributed by atoms with E-state index < -0.39 is 0 Å². The first kappa shape index (κ1) is 48.6. The first-order valence-corrected chi connectivity index (χ1v) is 23.0. The van der Waals surface area contributed by atoms with Gasteiger partial charge in [0.1, 0.15) is 30.0 Å². The summed E-state index contributed by atoms with van der Waals surface area (Å²) in [5.74, 6) is 0.456. The van der Waals surface area contributed by atoms with E-state index in [1.807, 2.05) is 156 Å². The summed E-state index contributed by atoms with van der Waals surface area (Å²) in [7, 11) is 1.88. The number of aryl methyl sites for hydroxylation is 1. The molecule has 2 atom stereocenters. The molecule has 2 unspecified atom stereocenters. The fourth-order valence-corrected chi connectivity index (χ4v) is 8.84. The number of fused-ring (bicyclic) bond motifs is 6. The number of allylic oxidation sites excluding steroid dienone is 5. The molecule has 9 rings (SSSR count). The molecule has 6 aromatic carbocycles. The van der Waals surface area contributed by atoms with Gasteiger partial charge in [0.15, 0.2) is 0 Å². The number of aliphatic imine (C=N–C) groups is 1. The number of nitrogens with zero attached hydrogens (tertiary/aromatic N) is 6. The molecule has 0 radical (unpaired) electrons. The van der Waals surface area contributed by atoms with E-state index in [9.17, 15) is 10.4 Å². The molecule has 0 fully saturated rings. The quantitative estimate of drug-likeness (QED) is 0.0610. The fourth-order valence-electron chi connectivity index (χ4n) is 8.28. The largest absolute Gasteiger partial charge is 0.505 e. The zero-order chi connectivity index (χ0) is 48.0. The number of azo groups is 2. The number of thioether (sulfide) groups is 1. The van der Waals surface area contributed by atoms with Gasteiger partial charge in [-0.05, 0) is 125 Å². The van der Waals surface area contributed by atoms with E-state index in [0.717, 1.165) is 72.5 Å². The van der Waals surface area contributed by atoms with Crippen LogP contribution in [0.3, 0.4) is 0 Å². The van der Waals surface area contributed by atoms with E-state index in [4.69, 9.17) is 4.79 Å². The van der Waals surface area contributed by atoms with Crippen LogP contribution in [0.25, 0.3) is 34.4 Å². The van der Waals surface area contributed by atoms with Crippen molar-refractivity contribution in [1.29, 1.82) is 5.26 Å². The minimum Gasteiger partial charge on any atom is -0.505 e. The summed E-state index contributed by atoms with van der Waals surface area (Å²) in [5, 5.41) is 42.7. The summed E-state index contributed by atoms with van der Waals surface area (Å²) in [5.41, 5.74) is 15.4. The normalized spacial score (nSPS) is 14.8. The SMILES string of the molecule is C=C1c2ccccc2-c2c1cc(C)c(O)c2N=Nc1ccc(/C=C/c2ccc(N=Nc3c(C#N)c(CNC)cc4c3C(=C)C3C=CC=CC43)cc2)cc1.C=Nc1ccccc1SC.C=O.CC. The lowest BCUT2D eigenvalue weighted by atomic mass is 9.87. The van der Waals surface area contributed by atoms with Gasteiger partial charge in [-0.15, -0.1) is 22.0 Å². The molecule has 3 aliphatic rings. The molecule has 0 bridgehead atoms. The first-order chi connectivity index (χ1) is 32.7. The molecule has 67 heavy (non-hydrogen) atoms. The molecule has 334 valence electrons. The summed E-state index contributed by atoms with van der Waals surface area (Å²) < 4.78 is 0. The van der Waals surface area contributed by atoms with Gasteiger partial charge in [0.05, 0.1) is 22.6 Å². The Bertz CT molecular complexity index is 3010. The van der Waals surface area contributed by atoms with Gasteiger partial charge in [0.2, 0.25) is 0 Å². The predicted octanol–water partition coefficient (Wildman–Crippen LogP) is 15.8. The van der Waals surface area contributed by atoms with Crippen molar-refractivity contribution in [3.8, 4) is 22.9 Å². The average Bonchev–Trinajstić information content (AvgIpc) is 3.83. The second-order valence-corrected chi connectivity index (χ2v) is 16.1. The number of nitriles is 1. The second kappa shape index (κ2) is 22.9. The molecule has 6 aromatic rings. The van der Waals surface area contributed by atoms with Gasteiger partial charge in [-0.2, -0.15) is 15.5 Å². The lowest BCUT2D eigenvalue weighted by Crippen LogP contribution is -2.09. The molecule has 0 aromatic heterocycles. The molecule has 2 N–H and O–H groups in total. The first-order valence-electron chi connectivity index (χ1n) is 21.8. The number of aromatic hydroxyl groups is 1. The van der Waals surface area contributed by atoms with Gasteiger partial charge in [-0.3, -0.25) is 4.99 Å². The van der Waals surface area contributed by atoms with Crippen LogP contribution in [-0.4, -0.2) is 31.9 Å². The third-order valence-electron chi connectivity index (χ3n) is 11.5. The molecule has 0 amide bonds. The third-order valence-corrected chi connectivity index (χ3v) is 12.2. The van der Waals surface area contributed by atoms with Crippen LogP contribution < -0.4 is 5.32 Å². The Labute approximate surface area is 398 Å². The number of phenolic OH excluding ortho intramolecular Hbond substituents is 1. The maximum atomic E-state index is 11.0. The number of hydrogen-bond acceptors (Lipinski definition) is 10. The number of benzene rings is 6. The number of hydrogen-bond donors (Lipinski definition) is 2. The number of para-hydroxylation sites is 1. The summed E-state index contributed by atoms with van der Waals surface area (Å²) in [4.78, 5) is 13.0. The highest BCUT2D eigenvalue weighted by atomic mass is 32.2. The van der Waals surface area contributed by atoms with Gasteiger partial charge in [0.25, 0.3) is 0 Å². The average molecular weight is 900 g/mol. The molecular weight excluding hydrogens is 847 g/mol. The summed E-state index contributed by atoms with van der Waals surface area (Å²) in [6, 6.07) is 38.1. The van der Waals surface area contributed by atoms with E-state index >= 15 is 0 Å². The molecule has 0 saturated heterocycles. The van der Waals surface area contributed by atoms with Crippen LogP contribution in [0, 0.1) is 24.2 Å². The van der Waals surface area contributed by atoms with E-state index in [1.54, 1.807) is 11.8 Å². The predicted molar refractivity (Wildman–Crippen MR) is 280 cm³/mol. The van der Waals surface area contributed by atoms with Crippen molar-refractivity contribution < 1.29 is 9.90 Å². The molecule has 0 aliphatic heterocycles. The molecule has 0 saturated carbocycles. The Kier molecular flexibility index (Phi) is 16.6. The van der Waals surface area contributed by atoms with Crippen molar-refractivity contribution in [1.82, 2.24) is 5.32 Å². The second-order valence-electron chi connectivity index (χ2n) is 15.3. The molecule has 10 heteroatoms. The van der Waals surface area contributed by atoms with Gasteiger partial charge in [0, 0.05) is 34.4 Å². The Morgan fingerprint density at radius 1 is 0.746 bits per heavy atom. The lowest BCUT2D eigenvalue weighted by Gasteiger charge is -2.17. The van der Waals surface area contributed by atoms with E-state index in [-0.39, 0.29) is 17.6 Å². The van der Waals surface area contributed by atoms with Crippen molar-refractivity contribution in [2.45, 2.75) is 38.1 Å². The number of carbonyl (C=O) groups excluding carboxylic acids is 1. The minimum absolute atomic E-state index is 0.122. The molecule has 9 nitrogen and oxygen atoms in total. The van der Waals surface area contributed by atoms with Crippen molar-refractivity contribution in [3.05, 3.63) is 197 Å². The van der Waals surface area contributed by atoms with Crippen LogP contribution >= 0.6 is 11.8 Å². The van der Waals surface area contributed by atoms with E-state index in [0.29, 0.717) is 34.9 Å². The van der Waals surface area contributed by atoms with Crippen LogP contribution in [0.15, 0.2) is 177 Å². The van der Waals surface area contributed by atoms with Gasteiger partial charge in [-0.1, -0.05) is 130 Å². The van der Waals surface area contributed by atoms with E-state index in [1.165, 1.54) is 4.90 Å². The zero-order valence-corrected chi connectivity index (χ0v) is 39.3. The third kappa shape index (κ3) is 10.3. The van der Waals surface area contributed by atoms with Crippen LogP contribution in [0.4, 0.5) is 28.4 Å². The Morgan fingerprint density at radius 3 is 1.88 bits per heavy atom. The highest BCUT2D eigenvalue weighted by molar-refractivity contribution is 7.98. The smallest absolute Gasteiger partial charge is 0.146 e. The Morgan fingerprint density at radius 2 is 1.31 bits per heavy atom. The zero-order valence-electron chi connectivity index (χ0n) is 38.5. The summed E-state index contributed by atoms with van der Waals surface area (Å²) in [6.07, 6.45) is 14.6. The topological polar surface area (TPSA) is 135 Å². The standard InChI is InChI=1S/C46H36N6O.C8H9NS.C2H6.CH2O/c1-27-23-39-28(2)35-9-6-8-12-38(35)43(39)45(46(27)53)52-50-34-21-17-31(18-22-34)14-13-30-15-19-33(20-16-30)49-51-44-41(25-47)32(26-48-4)24-40-37-11-7-5-10-36(37)29(3)42(40)44;1-9-7-5-3-4-6-8(7)10-2;2*1-2/h5-24,36-37,48,53H,2-3,26H2,1,4H3;3-6H,1H2,2H3;1-2H3;1H2/b14-13+,51-49?,52-50?;;;. The van der Waals surface area contributed by atoms with Crippen molar-refractivity contribution in [2.75, 3.05) is 13.3 Å². The molecule has 0 spiro atoms. The summed E-state index contributed by atoms with van der Waals surface area (Å²) >= 11 is 1.69. The lowest BCUT2D eigenvalue weighted by molar-refractivity contribution is -0.0980. The van der Waals surface area contributed by atoms with Crippen molar-refractivity contribution in [2.24, 2.45) is 31.4 Å². The Hall–Kier alpha value is -7.84. The highest BCUT2D eigenvalue weighted by Crippen LogP contribution is 2.54. The van der Waals surface area contributed by atoms with E-state index in [2.05, 4.69) is 87.1 Å². The fraction of sp³-hybridized carbons (Fsp3) is 0.140. The monoisotopic (exact) mass is 899 g/mol. The van der Waals surface area contributed by atoms with Gasteiger partial charge >= 0.3 is 0 Å². The van der Waals surface area contributed by atoms with Crippen LogP contribution in [0.2, 0.25) is 0 Å². The number of phenols is 1. The van der Waals surface area contributed by atoms with Crippen LogP contribution in [0.5, 0.6) is 5.75 Å². The maximum Gasteiger partial charge on any atom is 0.146 e. The summed E-state index contributed by atoms with van der Waals surface area (Å²) in [6.45, 7) is 20.6. The molecule has 3 aliphatic carbocycles. The number of carbonyl (C=O) groups is 1. The van der Waals surface area contributed by atoms with Crippen molar-refractivity contribution >= 4 is 77.0 Å². The van der Waals surface area contributed by atoms with Crippen molar-refractivity contribution in [3.63, 3.8) is 0 Å². The number of nitrogens with one attached hydrogen (secondary N) is 1.